The van der Waals surface area contributed by atoms with Gasteiger partial charge in [0.1, 0.15) is 24.7 Å². The van der Waals surface area contributed by atoms with Crippen molar-refractivity contribution in [1.29, 1.82) is 0 Å². The van der Waals surface area contributed by atoms with Crippen LogP contribution in [0.2, 0.25) is 0 Å². The molecule has 0 aliphatic carbocycles. The normalized spacial score (nSPS) is 11.0. The second-order valence-electron chi connectivity index (χ2n) is 5.43. The molecule has 0 aliphatic rings. The topological polar surface area (TPSA) is 90.9 Å². The average molecular weight is 393 g/mol. The van der Waals surface area contributed by atoms with Crippen LogP contribution in [0, 0.1) is 0 Å². The summed E-state index contributed by atoms with van der Waals surface area (Å²) in [6, 6.07) is 15.2. The van der Waals surface area contributed by atoms with Crippen molar-refractivity contribution in [3.63, 3.8) is 0 Å². The molecule has 8 heteroatoms. The van der Waals surface area contributed by atoms with Gasteiger partial charge in [0.2, 0.25) is 10.0 Å². The van der Waals surface area contributed by atoms with Crippen LogP contribution >= 0.6 is 0 Å². The molecule has 1 N–H and O–H groups in total. The summed E-state index contributed by atoms with van der Waals surface area (Å²) in [6.07, 6.45) is -0.0679. The zero-order valence-corrected chi connectivity index (χ0v) is 15.9. The molecule has 0 aromatic heterocycles. The summed E-state index contributed by atoms with van der Waals surface area (Å²) in [5.41, 5.74) is 0. The standard InChI is InChI=1S/C19H23NO6S/c1-2-24-17-8-10-18(11-9-17)27(22,23)20-13-12-19(21)26-15-14-25-16-6-4-3-5-7-16/h3-11,20H,2,12-15H2,1H3. The van der Waals surface area contributed by atoms with Crippen LogP contribution in [-0.4, -0.2) is 40.8 Å². The summed E-state index contributed by atoms with van der Waals surface area (Å²) >= 11 is 0. The molecule has 0 atom stereocenters. The summed E-state index contributed by atoms with van der Waals surface area (Å²) in [5, 5.41) is 0. The zero-order valence-electron chi connectivity index (χ0n) is 15.1. The Morgan fingerprint density at radius 3 is 2.26 bits per heavy atom. The van der Waals surface area contributed by atoms with E-state index in [-0.39, 0.29) is 31.1 Å². The molecule has 2 aromatic carbocycles. The van der Waals surface area contributed by atoms with Gasteiger partial charge >= 0.3 is 5.97 Å². The van der Waals surface area contributed by atoms with E-state index in [1.165, 1.54) is 12.1 Å². The number of sulfonamides is 1. The molecule has 0 fully saturated rings. The number of nitrogens with one attached hydrogen (secondary N) is 1. The summed E-state index contributed by atoms with van der Waals surface area (Å²) in [7, 11) is -3.69. The van der Waals surface area contributed by atoms with Crippen molar-refractivity contribution in [2.75, 3.05) is 26.4 Å². The lowest BCUT2D eigenvalue weighted by Gasteiger charge is -2.09. The van der Waals surface area contributed by atoms with Crippen LogP contribution in [0.1, 0.15) is 13.3 Å². The van der Waals surface area contributed by atoms with Gasteiger partial charge in [0.05, 0.1) is 17.9 Å². The molecule has 0 unspecified atom stereocenters. The summed E-state index contributed by atoms with van der Waals surface area (Å²) in [5.74, 6) is 0.787. The molecule has 0 spiro atoms. The highest BCUT2D eigenvalue weighted by atomic mass is 32.2. The van der Waals surface area contributed by atoms with E-state index in [1.807, 2.05) is 25.1 Å². The monoisotopic (exact) mass is 393 g/mol. The number of ether oxygens (including phenoxy) is 3. The van der Waals surface area contributed by atoms with Gasteiger partial charge in [0.15, 0.2) is 0 Å². The summed E-state index contributed by atoms with van der Waals surface area (Å²) < 4.78 is 42.4. The Kier molecular flexibility index (Phi) is 8.09. The molecule has 7 nitrogen and oxygen atoms in total. The van der Waals surface area contributed by atoms with Crippen LogP contribution in [0.5, 0.6) is 11.5 Å². The number of hydrogen-bond acceptors (Lipinski definition) is 6. The number of hydrogen-bond donors (Lipinski definition) is 1. The molecule has 2 aromatic rings. The maximum atomic E-state index is 12.2. The third kappa shape index (κ3) is 7.28. The Labute approximate surface area is 159 Å². The van der Waals surface area contributed by atoms with E-state index in [9.17, 15) is 13.2 Å². The number of rotatable bonds is 11. The summed E-state index contributed by atoms with van der Waals surface area (Å²) in [6.45, 7) is 2.63. The predicted molar refractivity (Wildman–Crippen MR) is 100 cm³/mol. The van der Waals surface area contributed by atoms with Crippen molar-refractivity contribution in [2.24, 2.45) is 0 Å². The SMILES string of the molecule is CCOc1ccc(S(=O)(=O)NCCC(=O)OCCOc2ccccc2)cc1. The molecule has 146 valence electrons. The first kappa shape index (κ1) is 20.7. The largest absolute Gasteiger partial charge is 0.494 e. The lowest BCUT2D eigenvalue weighted by atomic mass is 10.3. The van der Waals surface area contributed by atoms with Crippen molar-refractivity contribution < 1.29 is 27.4 Å². The second-order valence-corrected chi connectivity index (χ2v) is 7.20. The van der Waals surface area contributed by atoms with Crippen LogP contribution in [0.25, 0.3) is 0 Å². The van der Waals surface area contributed by atoms with Crippen LogP contribution in [-0.2, 0) is 19.6 Å². The quantitative estimate of drug-likeness (QED) is 0.466. The molecule has 27 heavy (non-hydrogen) atoms. The Balaban J connectivity index is 1.67. The number of para-hydroxylation sites is 1. The lowest BCUT2D eigenvalue weighted by Crippen LogP contribution is -2.27. The fourth-order valence-corrected chi connectivity index (χ4v) is 3.19. The van der Waals surface area contributed by atoms with Crippen LogP contribution in [0.4, 0.5) is 0 Å². The van der Waals surface area contributed by atoms with Gasteiger partial charge in [-0.3, -0.25) is 4.79 Å². The highest BCUT2D eigenvalue weighted by molar-refractivity contribution is 7.89. The van der Waals surface area contributed by atoms with Crippen molar-refractivity contribution >= 4 is 16.0 Å². The smallest absolute Gasteiger partial charge is 0.307 e. The minimum absolute atomic E-state index is 0.0477. The maximum Gasteiger partial charge on any atom is 0.307 e. The molecule has 0 amide bonds. The van der Waals surface area contributed by atoms with E-state index in [0.29, 0.717) is 18.1 Å². The molecule has 0 aliphatic heterocycles. The van der Waals surface area contributed by atoms with E-state index in [2.05, 4.69) is 4.72 Å². The second kappa shape index (κ2) is 10.5. The van der Waals surface area contributed by atoms with E-state index in [1.54, 1.807) is 24.3 Å². The van der Waals surface area contributed by atoms with Gasteiger partial charge in [-0.1, -0.05) is 18.2 Å². The number of benzene rings is 2. The van der Waals surface area contributed by atoms with Crippen LogP contribution < -0.4 is 14.2 Å². The fraction of sp³-hybridized carbons (Fsp3) is 0.316. The van der Waals surface area contributed by atoms with E-state index < -0.39 is 16.0 Å². The molecular weight excluding hydrogens is 370 g/mol. The number of carbonyl (C=O) groups is 1. The van der Waals surface area contributed by atoms with Crippen LogP contribution in [0.3, 0.4) is 0 Å². The van der Waals surface area contributed by atoms with Gasteiger partial charge in [-0.25, -0.2) is 13.1 Å². The van der Waals surface area contributed by atoms with Crippen molar-refractivity contribution in [1.82, 2.24) is 4.72 Å². The first-order chi connectivity index (χ1) is 13.0. The van der Waals surface area contributed by atoms with Gasteiger partial charge in [0.25, 0.3) is 0 Å². The van der Waals surface area contributed by atoms with Crippen molar-refractivity contribution in [3.8, 4) is 11.5 Å². The molecule has 2 rings (SSSR count). The summed E-state index contributed by atoms with van der Waals surface area (Å²) in [4.78, 5) is 11.8. The highest BCUT2D eigenvalue weighted by Crippen LogP contribution is 2.15. The third-order valence-electron chi connectivity index (χ3n) is 3.42. The molecule has 0 saturated heterocycles. The molecular formula is C19H23NO6S. The number of esters is 1. The zero-order chi connectivity index (χ0) is 19.5. The van der Waals surface area contributed by atoms with Gasteiger partial charge in [0, 0.05) is 6.54 Å². The van der Waals surface area contributed by atoms with Crippen molar-refractivity contribution in [2.45, 2.75) is 18.2 Å². The maximum absolute atomic E-state index is 12.2. The first-order valence-electron chi connectivity index (χ1n) is 8.57. The Morgan fingerprint density at radius 1 is 0.926 bits per heavy atom. The Morgan fingerprint density at radius 2 is 1.59 bits per heavy atom. The lowest BCUT2D eigenvalue weighted by molar-refractivity contribution is -0.144. The fourth-order valence-electron chi connectivity index (χ4n) is 2.16. The first-order valence-corrected chi connectivity index (χ1v) is 10.1. The molecule has 0 saturated carbocycles. The van der Waals surface area contributed by atoms with Gasteiger partial charge < -0.3 is 14.2 Å². The molecule has 0 bridgehead atoms. The van der Waals surface area contributed by atoms with Gasteiger partial charge in [-0.05, 0) is 43.3 Å². The van der Waals surface area contributed by atoms with Crippen LogP contribution in [0.15, 0.2) is 59.5 Å². The molecule has 0 heterocycles. The average Bonchev–Trinajstić information content (AvgIpc) is 2.67. The third-order valence-corrected chi connectivity index (χ3v) is 4.90. The van der Waals surface area contributed by atoms with E-state index in [0.717, 1.165) is 0 Å². The number of carbonyl (C=O) groups excluding carboxylic acids is 1. The minimum Gasteiger partial charge on any atom is -0.494 e. The minimum atomic E-state index is -3.69. The highest BCUT2D eigenvalue weighted by Gasteiger charge is 2.14. The van der Waals surface area contributed by atoms with Gasteiger partial charge in [-0.2, -0.15) is 0 Å². The van der Waals surface area contributed by atoms with Crippen molar-refractivity contribution in [3.05, 3.63) is 54.6 Å². The Bertz CT molecular complexity index is 806. The molecule has 0 radical (unpaired) electrons. The van der Waals surface area contributed by atoms with E-state index >= 15 is 0 Å². The van der Waals surface area contributed by atoms with Gasteiger partial charge in [-0.15, -0.1) is 0 Å². The van der Waals surface area contributed by atoms with E-state index in [4.69, 9.17) is 14.2 Å². The Hall–Kier alpha value is -2.58. The predicted octanol–water partition coefficient (Wildman–Crippen LogP) is 2.38.